The van der Waals surface area contributed by atoms with Crippen molar-refractivity contribution < 1.29 is 19.1 Å². The fourth-order valence-electron chi connectivity index (χ4n) is 6.10. The zero-order valence-electron chi connectivity index (χ0n) is 23.3. The van der Waals surface area contributed by atoms with Crippen LogP contribution in [0.15, 0.2) is 24.3 Å². The van der Waals surface area contributed by atoms with Gasteiger partial charge in [-0.25, -0.2) is 4.79 Å². The van der Waals surface area contributed by atoms with Crippen LogP contribution in [0, 0.1) is 35.0 Å². The fourth-order valence-corrected chi connectivity index (χ4v) is 8.10. The maximum atomic E-state index is 13.8. The molecule has 0 bridgehead atoms. The minimum atomic E-state index is -0.467. The van der Waals surface area contributed by atoms with Crippen LogP contribution in [0.3, 0.4) is 0 Å². The highest BCUT2D eigenvalue weighted by molar-refractivity contribution is 8.00. The first-order chi connectivity index (χ1) is 18.8. The molecule has 1 aromatic carbocycles. The van der Waals surface area contributed by atoms with Crippen LogP contribution in [0.1, 0.15) is 53.4 Å². The van der Waals surface area contributed by atoms with Crippen LogP contribution in [0.2, 0.25) is 0 Å². The molecule has 7 unspecified atom stereocenters. The Morgan fingerprint density at radius 1 is 1.18 bits per heavy atom. The summed E-state index contributed by atoms with van der Waals surface area (Å²) in [5, 5.41) is 19.3. The summed E-state index contributed by atoms with van der Waals surface area (Å²) >= 11 is 1.76. The van der Waals surface area contributed by atoms with Gasteiger partial charge in [0.15, 0.2) is 0 Å². The minimum Gasteiger partial charge on any atom is -0.449 e. The molecule has 7 atom stereocenters. The molecule has 3 fully saturated rings. The highest BCUT2D eigenvalue weighted by Gasteiger charge is 2.61. The normalized spacial score (nSPS) is 30.0. The average molecular weight is 556 g/mol. The number of anilines is 2. The van der Waals surface area contributed by atoms with Gasteiger partial charge in [0, 0.05) is 41.0 Å². The minimum absolute atomic E-state index is 0.0378. The van der Waals surface area contributed by atoms with Crippen molar-refractivity contribution in [2.45, 2.75) is 76.0 Å². The third-order valence-electron chi connectivity index (χ3n) is 7.98. The second kappa shape index (κ2) is 12.9. The van der Waals surface area contributed by atoms with Gasteiger partial charge in [-0.1, -0.05) is 19.9 Å². The van der Waals surface area contributed by atoms with Crippen LogP contribution in [-0.4, -0.2) is 65.1 Å². The molecular formula is C29H41N5O4S. The molecule has 2 saturated carbocycles. The molecule has 1 heterocycles. The Balaban J connectivity index is 1.42. The van der Waals surface area contributed by atoms with Gasteiger partial charge in [-0.15, -0.1) is 0 Å². The van der Waals surface area contributed by atoms with Crippen LogP contribution in [0.4, 0.5) is 16.2 Å². The van der Waals surface area contributed by atoms with Gasteiger partial charge in [0.2, 0.25) is 11.8 Å². The summed E-state index contributed by atoms with van der Waals surface area (Å²) in [6.07, 6.45) is 2.90. The Morgan fingerprint density at radius 2 is 1.92 bits per heavy atom. The third kappa shape index (κ3) is 6.46. The first kappa shape index (κ1) is 29.1. The SMILES string of the molecule is CCNC(=O)C1C(C#N)C2SC3CCC(Nc4cccc(NC(=O)OCC(C)C)c4)CCC3C(=O)N(CC)C21. The number of thioether (sulfide) groups is 1. The Bertz CT molecular complexity index is 1090. The summed E-state index contributed by atoms with van der Waals surface area (Å²) in [5.41, 5.74) is 1.57. The molecule has 0 aromatic heterocycles. The van der Waals surface area contributed by atoms with Crippen LogP contribution >= 0.6 is 11.8 Å². The van der Waals surface area contributed by atoms with E-state index in [0.29, 0.717) is 25.4 Å². The molecule has 4 rings (SSSR count). The van der Waals surface area contributed by atoms with E-state index in [2.05, 4.69) is 22.0 Å². The predicted molar refractivity (Wildman–Crippen MR) is 153 cm³/mol. The van der Waals surface area contributed by atoms with Crippen LogP contribution in [-0.2, 0) is 14.3 Å². The van der Waals surface area contributed by atoms with Crippen molar-refractivity contribution >= 4 is 41.0 Å². The number of hydrogen-bond acceptors (Lipinski definition) is 7. The summed E-state index contributed by atoms with van der Waals surface area (Å²) in [6.45, 7) is 9.24. The van der Waals surface area contributed by atoms with E-state index in [-0.39, 0.29) is 52.2 Å². The standard InChI is InChI=1S/C29H41N5O4S/c1-5-31-27(35)24-22(15-30)26-25(24)34(6-2)28(36)21-12-10-18(11-13-23(21)39-26)32-19-8-7-9-20(14-19)33-29(37)38-16-17(3)4/h7-9,14,17-18,21-26,32H,5-6,10-13,16H2,1-4H3,(H,31,35)(H,33,37). The van der Waals surface area contributed by atoms with Crippen LogP contribution in [0.25, 0.3) is 0 Å². The van der Waals surface area contributed by atoms with E-state index < -0.39 is 12.0 Å². The van der Waals surface area contributed by atoms with E-state index in [1.165, 1.54) is 0 Å². The van der Waals surface area contributed by atoms with Gasteiger partial charge in [0.25, 0.3) is 0 Å². The Morgan fingerprint density at radius 3 is 2.62 bits per heavy atom. The molecule has 212 valence electrons. The van der Waals surface area contributed by atoms with Gasteiger partial charge < -0.3 is 20.3 Å². The number of fused-ring (bicyclic) bond motifs is 2. The van der Waals surface area contributed by atoms with E-state index in [1.807, 2.05) is 56.9 Å². The molecule has 3 aliphatic rings. The fraction of sp³-hybridized carbons (Fsp3) is 0.655. The topological polar surface area (TPSA) is 124 Å². The molecule has 1 saturated heterocycles. The lowest BCUT2D eigenvalue weighted by Gasteiger charge is -2.51. The van der Waals surface area contributed by atoms with E-state index in [9.17, 15) is 19.6 Å². The van der Waals surface area contributed by atoms with Crippen molar-refractivity contribution in [2.24, 2.45) is 23.7 Å². The number of nitrogens with zero attached hydrogens (tertiary/aromatic N) is 2. The van der Waals surface area contributed by atoms with E-state index >= 15 is 0 Å². The Labute approximate surface area is 235 Å². The molecule has 39 heavy (non-hydrogen) atoms. The predicted octanol–water partition coefficient (Wildman–Crippen LogP) is 4.47. The van der Waals surface area contributed by atoms with Crippen molar-refractivity contribution in [3.05, 3.63) is 24.3 Å². The molecule has 3 amide bonds. The van der Waals surface area contributed by atoms with Gasteiger partial charge in [-0.3, -0.25) is 14.9 Å². The molecule has 3 N–H and O–H groups in total. The number of carbonyl (C=O) groups is 3. The van der Waals surface area contributed by atoms with Gasteiger partial charge >= 0.3 is 6.09 Å². The second-order valence-corrected chi connectivity index (χ2v) is 12.6. The number of rotatable bonds is 8. The highest BCUT2D eigenvalue weighted by atomic mass is 32.2. The summed E-state index contributed by atoms with van der Waals surface area (Å²) in [6, 6.07) is 9.96. The van der Waals surface area contributed by atoms with Crippen LogP contribution in [0.5, 0.6) is 0 Å². The summed E-state index contributed by atoms with van der Waals surface area (Å²) in [7, 11) is 0. The van der Waals surface area contributed by atoms with E-state index in [0.717, 1.165) is 31.4 Å². The number of hydrogen-bond donors (Lipinski definition) is 3. The Hall–Kier alpha value is -2.93. The molecule has 0 spiro atoms. The summed E-state index contributed by atoms with van der Waals surface area (Å²) in [5.74, 6) is -0.688. The van der Waals surface area contributed by atoms with Crippen molar-refractivity contribution in [2.75, 3.05) is 30.3 Å². The smallest absolute Gasteiger partial charge is 0.411 e. The lowest BCUT2D eigenvalue weighted by atomic mass is 9.67. The molecule has 0 radical (unpaired) electrons. The summed E-state index contributed by atoms with van der Waals surface area (Å²) < 4.78 is 5.22. The number of ether oxygens (including phenoxy) is 1. The van der Waals surface area contributed by atoms with Gasteiger partial charge in [0.1, 0.15) is 0 Å². The number of amides is 3. The summed E-state index contributed by atoms with van der Waals surface area (Å²) in [4.78, 5) is 40.6. The van der Waals surface area contributed by atoms with Gasteiger partial charge in [-0.2, -0.15) is 17.0 Å². The Kier molecular flexibility index (Phi) is 9.65. The van der Waals surface area contributed by atoms with Crippen LogP contribution < -0.4 is 16.0 Å². The molecule has 1 aliphatic heterocycles. The third-order valence-corrected chi connectivity index (χ3v) is 9.78. The largest absolute Gasteiger partial charge is 0.449 e. The van der Waals surface area contributed by atoms with Gasteiger partial charge in [-0.05, 0) is 63.6 Å². The number of benzene rings is 1. The maximum Gasteiger partial charge on any atom is 0.411 e. The first-order valence-corrected chi connectivity index (χ1v) is 15.1. The van der Waals surface area contributed by atoms with Crippen molar-refractivity contribution in [3.8, 4) is 6.07 Å². The number of carbonyl (C=O) groups excluding carboxylic acids is 3. The molecule has 10 heteroatoms. The monoisotopic (exact) mass is 555 g/mol. The molecule has 2 aliphatic carbocycles. The van der Waals surface area contributed by atoms with Crippen molar-refractivity contribution in [3.63, 3.8) is 0 Å². The maximum absolute atomic E-state index is 13.8. The number of nitrogens with one attached hydrogen (secondary N) is 3. The van der Waals surface area contributed by atoms with E-state index in [1.54, 1.807) is 11.8 Å². The molecule has 1 aromatic rings. The van der Waals surface area contributed by atoms with E-state index in [4.69, 9.17) is 4.74 Å². The van der Waals surface area contributed by atoms with Crippen molar-refractivity contribution in [1.29, 1.82) is 5.26 Å². The zero-order chi connectivity index (χ0) is 28.1. The van der Waals surface area contributed by atoms with Gasteiger partial charge in [0.05, 0.1) is 36.5 Å². The highest BCUT2D eigenvalue weighted by Crippen LogP contribution is 2.52. The second-order valence-electron chi connectivity index (χ2n) is 11.1. The average Bonchev–Trinajstić information content (AvgIpc) is 3.14. The first-order valence-electron chi connectivity index (χ1n) is 14.2. The lowest BCUT2D eigenvalue weighted by Crippen LogP contribution is -2.66. The molecule has 9 nitrogen and oxygen atoms in total. The lowest BCUT2D eigenvalue weighted by molar-refractivity contribution is -0.146. The zero-order valence-corrected chi connectivity index (χ0v) is 24.1. The molecular weight excluding hydrogens is 514 g/mol. The quantitative estimate of drug-likeness (QED) is 0.432. The number of nitriles is 1. The van der Waals surface area contributed by atoms with Crippen molar-refractivity contribution in [1.82, 2.24) is 10.2 Å².